The molecule has 6 heteroatoms. The van der Waals surface area contributed by atoms with E-state index in [2.05, 4.69) is 5.32 Å². The molecule has 0 bridgehead atoms. The molecule has 1 aromatic rings. The summed E-state index contributed by atoms with van der Waals surface area (Å²) in [5, 5.41) is 20.6. The maximum atomic E-state index is 11.4. The van der Waals surface area contributed by atoms with Crippen molar-refractivity contribution in [3.63, 3.8) is 0 Å². The fraction of sp³-hybridized carbons (Fsp3) is 0.467. The fourth-order valence-corrected chi connectivity index (χ4v) is 1.51. The smallest absolute Gasteiger partial charge is 0.407 e. The molecule has 0 fully saturated rings. The lowest BCUT2D eigenvalue weighted by Gasteiger charge is -2.19. The highest BCUT2D eigenvalue weighted by Gasteiger charge is 2.15. The standard InChI is InChI=1S/C15H20N2O4/c1-15(2,3)21-14(19)17-6-7-20-13-8-11(10-18)4-5-12(13)9-16/h4-5,8,18H,6-7,10H2,1-3H3,(H,17,19). The third-order valence-corrected chi connectivity index (χ3v) is 2.38. The van der Waals surface area contributed by atoms with Crippen LogP contribution in [0.15, 0.2) is 18.2 Å². The molecular formula is C15H20N2O4. The summed E-state index contributed by atoms with van der Waals surface area (Å²) in [5.74, 6) is 0.384. The van der Waals surface area contributed by atoms with Gasteiger partial charge in [-0.15, -0.1) is 0 Å². The van der Waals surface area contributed by atoms with Crippen LogP contribution in [-0.2, 0) is 11.3 Å². The minimum absolute atomic E-state index is 0.127. The lowest BCUT2D eigenvalue weighted by Crippen LogP contribution is -2.34. The number of benzene rings is 1. The average molecular weight is 292 g/mol. The quantitative estimate of drug-likeness (QED) is 0.809. The van der Waals surface area contributed by atoms with Crippen LogP contribution in [0.2, 0.25) is 0 Å². The lowest BCUT2D eigenvalue weighted by atomic mass is 10.1. The monoisotopic (exact) mass is 292 g/mol. The van der Waals surface area contributed by atoms with Crippen LogP contribution in [0, 0.1) is 11.3 Å². The third kappa shape index (κ3) is 6.15. The number of carbonyl (C=O) groups is 1. The number of nitrogens with zero attached hydrogens (tertiary/aromatic N) is 1. The molecule has 114 valence electrons. The molecule has 1 aromatic carbocycles. The first kappa shape index (κ1) is 16.8. The number of carbonyl (C=O) groups excluding carboxylic acids is 1. The van der Waals surface area contributed by atoms with Crippen molar-refractivity contribution in [2.24, 2.45) is 0 Å². The second kappa shape index (κ2) is 7.50. The van der Waals surface area contributed by atoms with E-state index in [-0.39, 0.29) is 19.8 Å². The van der Waals surface area contributed by atoms with E-state index in [0.29, 0.717) is 16.9 Å². The van der Waals surface area contributed by atoms with Gasteiger partial charge in [0.25, 0.3) is 0 Å². The Bertz CT molecular complexity index is 529. The molecule has 0 heterocycles. The van der Waals surface area contributed by atoms with E-state index in [1.165, 1.54) is 0 Å². The summed E-state index contributed by atoms with van der Waals surface area (Å²) in [4.78, 5) is 11.4. The molecule has 0 radical (unpaired) electrons. The predicted octanol–water partition coefficient (Wildman–Crippen LogP) is 1.95. The minimum atomic E-state index is -0.547. The lowest BCUT2D eigenvalue weighted by molar-refractivity contribution is 0.0520. The van der Waals surface area contributed by atoms with Gasteiger partial charge in [-0.05, 0) is 38.5 Å². The molecule has 1 amide bonds. The minimum Gasteiger partial charge on any atom is -0.490 e. The normalized spacial score (nSPS) is 10.6. The van der Waals surface area contributed by atoms with E-state index in [4.69, 9.17) is 19.8 Å². The molecule has 0 aliphatic rings. The number of aliphatic hydroxyl groups excluding tert-OH is 1. The Morgan fingerprint density at radius 2 is 2.14 bits per heavy atom. The number of hydrogen-bond donors (Lipinski definition) is 2. The predicted molar refractivity (Wildman–Crippen MR) is 76.8 cm³/mol. The number of aliphatic hydroxyl groups is 1. The molecule has 0 unspecified atom stereocenters. The molecule has 6 nitrogen and oxygen atoms in total. The Morgan fingerprint density at radius 1 is 1.43 bits per heavy atom. The number of rotatable bonds is 5. The average Bonchev–Trinajstić information content (AvgIpc) is 2.41. The van der Waals surface area contributed by atoms with E-state index >= 15 is 0 Å². The van der Waals surface area contributed by atoms with Crippen LogP contribution in [-0.4, -0.2) is 30.0 Å². The summed E-state index contributed by atoms with van der Waals surface area (Å²) in [7, 11) is 0. The number of nitrogens with one attached hydrogen (secondary N) is 1. The van der Waals surface area contributed by atoms with Crippen molar-refractivity contribution >= 4 is 6.09 Å². The fourth-order valence-electron chi connectivity index (χ4n) is 1.51. The van der Waals surface area contributed by atoms with Crippen LogP contribution in [0.1, 0.15) is 31.9 Å². The van der Waals surface area contributed by atoms with E-state index in [9.17, 15) is 4.79 Å². The van der Waals surface area contributed by atoms with Crippen molar-refractivity contribution in [3.05, 3.63) is 29.3 Å². The second-order valence-corrected chi connectivity index (χ2v) is 5.38. The second-order valence-electron chi connectivity index (χ2n) is 5.38. The maximum absolute atomic E-state index is 11.4. The van der Waals surface area contributed by atoms with Gasteiger partial charge in [-0.1, -0.05) is 6.07 Å². The molecule has 0 saturated carbocycles. The number of hydrogen-bond acceptors (Lipinski definition) is 5. The third-order valence-electron chi connectivity index (χ3n) is 2.38. The van der Waals surface area contributed by atoms with Crippen LogP contribution < -0.4 is 10.1 Å². The molecular weight excluding hydrogens is 272 g/mol. The van der Waals surface area contributed by atoms with Crippen LogP contribution >= 0.6 is 0 Å². The number of alkyl carbamates (subject to hydrolysis) is 1. The highest BCUT2D eigenvalue weighted by Crippen LogP contribution is 2.19. The van der Waals surface area contributed by atoms with E-state index < -0.39 is 11.7 Å². The van der Waals surface area contributed by atoms with Gasteiger partial charge >= 0.3 is 6.09 Å². The summed E-state index contributed by atoms with van der Waals surface area (Å²) in [6.45, 7) is 5.66. The first-order valence-corrected chi connectivity index (χ1v) is 6.59. The van der Waals surface area contributed by atoms with Gasteiger partial charge in [0.05, 0.1) is 18.7 Å². The van der Waals surface area contributed by atoms with Gasteiger partial charge in [-0.25, -0.2) is 4.79 Å². The molecule has 2 N–H and O–H groups in total. The largest absolute Gasteiger partial charge is 0.490 e. The van der Waals surface area contributed by atoms with Crippen molar-refractivity contribution in [1.82, 2.24) is 5.32 Å². The molecule has 0 aliphatic carbocycles. The van der Waals surface area contributed by atoms with Gasteiger partial charge in [0.15, 0.2) is 0 Å². The highest BCUT2D eigenvalue weighted by molar-refractivity contribution is 5.67. The zero-order chi connectivity index (χ0) is 15.9. The highest BCUT2D eigenvalue weighted by atomic mass is 16.6. The Labute approximate surface area is 124 Å². The van der Waals surface area contributed by atoms with Gasteiger partial charge in [-0.2, -0.15) is 5.26 Å². The molecule has 0 aromatic heterocycles. The topological polar surface area (TPSA) is 91.6 Å². The Hall–Kier alpha value is -2.26. The Kier molecular flexibility index (Phi) is 6.00. The van der Waals surface area contributed by atoms with Crippen molar-refractivity contribution in [3.8, 4) is 11.8 Å². The van der Waals surface area contributed by atoms with Crippen LogP contribution in [0.3, 0.4) is 0 Å². The van der Waals surface area contributed by atoms with Crippen LogP contribution in [0.5, 0.6) is 5.75 Å². The van der Waals surface area contributed by atoms with Gasteiger partial charge < -0.3 is 19.9 Å². The Morgan fingerprint density at radius 3 is 2.71 bits per heavy atom. The van der Waals surface area contributed by atoms with Crippen LogP contribution in [0.4, 0.5) is 4.79 Å². The SMILES string of the molecule is CC(C)(C)OC(=O)NCCOc1cc(CO)ccc1C#N. The zero-order valence-corrected chi connectivity index (χ0v) is 12.5. The van der Waals surface area contributed by atoms with Crippen LogP contribution in [0.25, 0.3) is 0 Å². The molecule has 0 saturated heterocycles. The number of ether oxygens (including phenoxy) is 2. The van der Waals surface area contributed by atoms with Crippen molar-refractivity contribution in [2.75, 3.05) is 13.2 Å². The van der Waals surface area contributed by atoms with E-state index in [1.807, 2.05) is 6.07 Å². The summed E-state index contributed by atoms with van der Waals surface area (Å²) in [6.07, 6.45) is -0.518. The van der Waals surface area contributed by atoms with Gasteiger partial charge in [0, 0.05) is 0 Å². The summed E-state index contributed by atoms with van der Waals surface area (Å²) >= 11 is 0. The molecule has 21 heavy (non-hydrogen) atoms. The number of nitriles is 1. The number of amides is 1. The van der Waals surface area contributed by atoms with Crippen molar-refractivity contribution in [2.45, 2.75) is 33.0 Å². The molecule has 1 rings (SSSR count). The maximum Gasteiger partial charge on any atom is 0.407 e. The first-order valence-electron chi connectivity index (χ1n) is 6.59. The van der Waals surface area contributed by atoms with Crippen molar-refractivity contribution in [1.29, 1.82) is 5.26 Å². The van der Waals surface area contributed by atoms with Gasteiger partial charge in [0.2, 0.25) is 0 Å². The molecule has 0 atom stereocenters. The summed E-state index contributed by atoms with van der Waals surface area (Å²) < 4.78 is 10.5. The summed E-state index contributed by atoms with van der Waals surface area (Å²) in [6, 6.07) is 6.85. The van der Waals surface area contributed by atoms with Crippen molar-refractivity contribution < 1.29 is 19.4 Å². The zero-order valence-electron chi connectivity index (χ0n) is 12.5. The van der Waals surface area contributed by atoms with Gasteiger partial charge in [-0.3, -0.25) is 0 Å². The van der Waals surface area contributed by atoms with Gasteiger partial charge in [0.1, 0.15) is 24.0 Å². The Balaban J connectivity index is 2.46. The molecule has 0 aliphatic heterocycles. The van der Waals surface area contributed by atoms with E-state index in [1.54, 1.807) is 39.0 Å². The molecule has 0 spiro atoms. The van der Waals surface area contributed by atoms with E-state index in [0.717, 1.165) is 0 Å². The first-order chi connectivity index (χ1) is 9.85. The summed E-state index contributed by atoms with van der Waals surface area (Å²) in [5.41, 5.74) is 0.488.